The quantitative estimate of drug-likeness (QED) is 0.409. The number of nitrogens with one attached hydrogen (secondary N) is 1. The molecule has 0 aliphatic heterocycles. The van der Waals surface area contributed by atoms with Crippen molar-refractivity contribution in [2.75, 3.05) is 7.05 Å². The van der Waals surface area contributed by atoms with E-state index in [1.165, 1.54) is 13.1 Å². The van der Waals surface area contributed by atoms with Crippen LogP contribution in [0.4, 0.5) is 0 Å². The molecule has 0 aromatic rings. The lowest BCUT2D eigenvalue weighted by molar-refractivity contribution is -0.146. The van der Waals surface area contributed by atoms with E-state index in [2.05, 4.69) is 15.3 Å². The van der Waals surface area contributed by atoms with E-state index >= 15 is 0 Å². The van der Waals surface area contributed by atoms with Crippen molar-refractivity contribution >= 4 is 18.0 Å². The lowest BCUT2D eigenvalue weighted by Crippen LogP contribution is -2.38. The fraction of sp³-hybridized carbons (Fsp3) is 0.700. The van der Waals surface area contributed by atoms with Gasteiger partial charge in [-0.3, -0.25) is 4.79 Å². The molecule has 1 aliphatic rings. The predicted molar refractivity (Wildman–Crippen MR) is 55.5 cm³/mol. The zero-order valence-electron chi connectivity index (χ0n) is 9.24. The van der Waals surface area contributed by atoms with E-state index in [-0.39, 0.29) is 5.78 Å². The molecule has 84 valence electrons. The third kappa shape index (κ3) is 2.23. The molecule has 2 unspecified atom stereocenters. The van der Waals surface area contributed by atoms with Gasteiger partial charge in [0, 0.05) is 6.21 Å². The molecule has 1 rings (SSSR count). The standard InChI is InChI=1S/C10H16N2O3/c1-4-5-12-15-9(14)8-6-10(8,11-3)7(2)13/h5,8,11H,4,6H2,1-3H3/b12-5+. The monoisotopic (exact) mass is 212 g/mol. The number of Topliss-reactive ketones (excluding diaryl/α,β-unsaturated/α-hetero) is 1. The van der Waals surface area contributed by atoms with Crippen LogP contribution in [0.25, 0.3) is 0 Å². The number of hydrogen-bond acceptors (Lipinski definition) is 5. The Hall–Kier alpha value is -1.23. The zero-order valence-corrected chi connectivity index (χ0v) is 9.24. The number of carbonyl (C=O) groups is 2. The van der Waals surface area contributed by atoms with Gasteiger partial charge in [-0.25, -0.2) is 4.79 Å². The summed E-state index contributed by atoms with van der Waals surface area (Å²) in [5.74, 6) is -0.871. The van der Waals surface area contributed by atoms with E-state index in [0.717, 1.165) is 0 Å². The lowest BCUT2D eigenvalue weighted by Gasteiger charge is -2.10. The summed E-state index contributed by atoms with van der Waals surface area (Å²) in [6, 6.07) is 0. The Bertz CT molecular complexity index is 301. The molecule has 0 amide bonds. The molecule has 5 nitrogen and oxygen atoms in total. The van der Waals surface area contributed by atoms with Crippen molar-refractivity contribution < 1.29 is 14.4 Å². The van der Waals surface area contributed by atoms with Crippen LogP contribution >= 0.6 is 0 Å². The summed E-state index contributed by atoms with van der Waals surface area (Å²) in [5, 5.41) is 6.37. The van der Waals surface area contributed by atoms with Crippen LogP contribution in [0.2, 0.25) is 0 Å². The van der Waals surface area contributed by atoms with Gasteiger partial charge in [0.15, 0.2) is 5.78 Å². The molecule has 0 saturated heterocycles. The first-order valence-corrected chi connectivity index (χ1v) is 5.01. The number of ketones is 1. The molecule has 0 bridgehead atoms. The number of likely N-dealkylation sites (N-methyl/N-ethyl adjacent to an activating group) is 1. The molecule has 0 radical (unpaired) electrons. The van der Waals surface area contributed by atoms with E-state index in [9.17, 15) is 9.59 Å². The van der Waals surface area contributed by atoms with Gasteiger partial charge in [0.2, 0.25) is 0 Å². The van der Waals surface area contributed by atoms with Gasteiger partial charge in [-0.15, -0.1) is 0 Å². The Morgan fingerprint density at radius 1 is 1.67 bits per heavy atom. The van der Waals surface area contributed by atoms with Crippen LogP contribution in [0.1, 0.15) is 26.7 Å². The van der Waals surface area contributed by atoms with Gasteiger partial charge in [-0.05, 0) is 26.8 Å². The Kier molecular flexibility index (Phi) is 3.57. The molecule has 15 heavy (non-hydrogen) atoms. The summed E-state index contributed by atoms with van der Waals surface area (Å²) >= 11 is 0. The fourth-order valence-electron chi connectivity index (χ4n) is 1.62. The van der Waals surface area contributed by atoms with Crippen LogP contribution in [0.15, 0.2) is 5.16 Å². The number of nitrogens with zero attached hydrogens (tertiary/aromatic N) is 1. The van der Waals surface area contributed by atoms with Gasteiger partial charge in [-0.2, -0.15) is 0 Å². The van der Waals surface area contributed by atoms with Crippen molar-refractivity contribution in [3.63, 3.8) is 0 Å². The molecule has 1 fully saturated rings. The average Bonchev–Trinajstić information content (AvgIpc) is 2.94. The third-order valence-electron chi connectivity index (χ3n) is 2.72. The van der Waals surface area contributed by atoms with Gasteiger partial charge < -0.3 is 10.2 Å². The summed E-state index contributed by atoms with van der Waals surface area (Å²) in [6.45, 7) is 3.36. The van der Waals surface area contributed by atoms with Crippen molar-refractivity contribution in [2.24, 2.45) is 11.1 Å². The summed E-state index contributed by atoms with van der Waals surface area (Å²) in [5.41, 5.74) is -0.710. The van der Waals surface area contributed by atoms with Crippen molar-refractivity contribution in [3.8, 4) is 0 Å². The highest BCUT2D eigenvalue weighted by Crippen LogP contribution is 2.44. The first-order chi connectivity index (χ1) is 7.08. The molecule has 0 aromatic carbocycles. The van der Waals surface area contributed by atoms with Gasteiger partial charge in [0.1, 0.15) is 0 Å². The Labute approximate surface area is 88.9 Å². The van der Waals surface area contributed by atoms with E-state index in [1.54, 1.807) is 7.05 Å². The van der Waals surface area contributed by atoms with Crippen molar-refractivity contribution in [2.45, 2.75) is 32.2 Å². The third-order valence-corrected chi connectivity index (χ3v) is 2.72. The first kappa shape index (κ1) is 11.8. The highest BCUT2D eigenvalue weighted by Gasteiger charge is 2.62. The average molecular weight is 212 g/mol. The summed E-state index contributed by atoms with van der Waals surface area (Å²) < 4.78 is 0. The Morgan fingerprint density at radius 3 is 2.73 bits per heavy atom. The van der Waals surface area contributed by atoms with E-state index in [1.807, 2.05) is 6.92 Å². The topological polar surface area (TPSA) is 67.8 Å². The number of carbonyl (C=O) groups excluding carboxylic acids is 2. The number of rotatable bonds is 5. The molecule has 1 aliphatic carbocycles. The summed E-state index contributed by atoms with van der Waals surface area (Å²) in [7, 11) is 1.67. The van der Waals surface area contributed by atoms with Crippen LogP contribution in [0.5, 0.6) is 0 Å². The summed E-state index contributed by atoms with van der Waals surface area (Å²) in [4.78, 5) is 27.4. The molecule has 5 heteroatoms. The second kappa shape index (κ2) is 4.53. The fourth-order valence-corrected chi connectivity index (χ4v) is 1.62. The van der Waals surface area contributed by atoms with Crippen molar-refractivity contribution in [1.82, 2.24) is 5.32 Å². The minimum Gasteiger partial charge on any atom is -0.318 e. The van der Waals surface area contributed by atoms with Gasteiger partial charge in [-0.1, -0.05) is 12.1 Å². The van der Waals surface area contributed by atoms with Crippen molar-refractivity contribution in [3.05, 3.63) is 0 Å². The second-order valence-electron chi connectivity index (χ2n) is 3.64. The zero-order chi connectivity index (χ0) is 11.5. The smallest absolute Gasteiger partial charge is 0.318 e. The molecular weight excluding hydrogens is 196 g/mol. The van der Waals surface area contributed by atoms with Crippen LogP contribution in [-0.2, 0) is 14.4 Å². The Balaban J connectivity index is 2.51. The van der Waals surface area contributed by atoms with E-state index in [4.69, 9.17) is 0 Å². The number of oxime groups is 1. The van der Waals surface area contributed by atoms with Crippen LogP contribution < -0.4 is 5.32 Å². The Morgan fingerprint density at radius 2 is 2.33 bits per heavy atom. The van der Waals surface area contributed by atoms with Crippen LogP contribution in [0.3, 0.4) is 0 Å². The minimum atomic E-state index is -0.710. The maximum absolute atomic E-state index is 11.4. The maximum Gasteiger partial charge on any atom is 0.340 e. The van der Waals surface area contributed by atoms with E-state index in [0.29, 0.717) is 12.8 Å². The van der Waals surface area contributed by atoms with Gasteiger partial charge >= 0.3 is 5.97 Å². The normalized spacial score (nSPS) is 29.1. The first-order valence-electron chi connectivity index (χ1n) is 5.01. The predicted octanol–water partition coefficient (Wildman–Crippen LogP) is 0.492. The highest BCUT2D eigenvalue weighted by atomic mass is 16.7. The van der Waals surface area contributed by atoms with Crippen LogP contribution in [0, 0.1) is 5.92 Å². The second-order valence-corrected chi connectivity index (χ2v) is 3.64. The lowest BCUT2D eigenvalue weighted by atomic mass is 10.1. The molecule has 0 aromatic heterocycles. The number of hydrogen-bond donors (Lipinski definition) is 1. The molecule has 0 spiro atoms. The SMILES string of the molecule is CC/C=N/OC(=O)C1CC1(NC)C(C)=O. The minimum absolute atomic E-state index is 0.0357. The van der Waals surface area contributed by atoms with Gasteiger partial charge in [0.05, 0.1) is 11.5 Å². The molecule has 2 atom stereocenters. The maximum atomic E-state index is 11.4. The molecule has 1 N–H and O–H groups in total. The molecular formula is C10H16N2O3. The highest BCUT2D eigenvalue weighted by molar-refractivity contribution is 5.97. The van der Waals surface area contributed by atoms with Crippen molar-refractivity contribution in [1.29, 1.82) is 0 Å². The van der Waals surface area contributed by atoms with E-state index < -0.39 is 17.4 Å². The van der Waals surface area contributed by atoms with Crippen LogP contribution in [-0.4, -0.2) is 30.6 Å². The summed E-state index contributed by atoms with van der Waals surface area (Å²) in [6.07, 6.45) is 2.72. The van der Waals surface area contributed by atoms with Gasteiger partial charge in [0.25, 0.3) is 0 Å². The largest absolute Gasteiger partial charge is 0.340 e. The molecule has 0 heterocycles. The molecule has 1 saturated carbocycles.